The van der Waals surface area contributed by atoms with E-state index >= 15 is 0 Å². The highest BCUT2D eigenvalue weighted by Gasteiger charge is 2.41. The first-order valence-corrected chi connectivity index (χ1v) is 6.04. The Labute approximate surface area is 106 Å². The lowest BCUT2D eigenvalue weighted by atomic mass is 9.94. The molecule has 1 aliphatic heterocycles. The molecule has 1 unspecified atom stereocenters. The second kappa shape index (κ2) is 4.76. The van der Waals surface area contributed by atoms with Crippen molar-refractivity contribution in [2.24, 2.45) is 0 Å². The molecular weight excluding hydrogens is 230 g/mol. The Morgan fingerprint density at radius 3 is 2.89 bits per heavy atom. The van der Waals surface area contributed by atoms with Gasteiger partial charge in [0.05, 0.1) is 6.54 Å². The first-order valence-electron chi connectivity index (χ1n) is 6.04. The molecule has 5 nitrogen and oxygen atoms in total. The van der Waals surface area contributed by atoms with Crippen molar-refractivity contribution in [3.05, 3.63) is 30.1 Å². The lowest BCUT2D eigenvalue weighted by molar-refractivity contribution is -0.149. The highest BCUT2D eigenvalue weighted by atomic mass is 16.2. The van der Waals surface area contributed by atoms with Crippen LogP contribution in [0.3, 0.4) is 0 Å². The summed E-state index contributed by atoms with van der Waals surface area (Å²) in [4.78, 5) is 29.6. The summed E-state index contributed by atoms with van der Waals surface area (Å²) in [6, 6.07) is 3.72. The van der Waals surface area contributed by atoms with Crippen molar-refractivity contribution in [2.45, 2.75) is 32.4 Å². The molecule has 18 heavy (non-hydrogen) atoms. The zero-order valence-corrected chi connectivity index (χ0v) is 10.6. The maximum atomic E-state index is 12.3. The minimum atomic E-state index is -0.780. The Morgan fingerprint density at radius 2 is 2.28 bits per heavy atom. The van der Waals surface area contributed by atoms with Crippen molar-refractivity contribution in [3.8, 4) is 0 Å². The molecule has 0 aliphatic carbocycles. The van der Waals surface area contributed by atoms with Gasteiger partial charge in [-0.25, -0.2) is 0 Å². The largest absolute Gasteiger partial charge is 0.340 e. The summed E-state index contributed by atoms with van der Waals surface area (Å²) in [7, 11) is 0. The molecule has 0 bridgehead atoms. The zero-order valence-electron chi connectivity index (χ0n) is 10.6. The van der Waals surface area contributed by atoms with Crippen LogP contribution >= 0.6 is 0 Å². The molecule has 96 valence electrons. The van der Waals surface area contributed by atoms with Gasteiger partial charge in [0.1, 0.15) is 5.54 Å². The third kappa shape index (κ3) is 2.34. The number of amides is 2. The number of hydrogen-bond donors (Lipinski definition) is 1. The first kappa shape index (κ1) is 12.5. The smallest absolute Gasteiger partial charge is 0.248 e. The Morgan fingerprint density at radius 1 is 1.50 bits per heavy atom. The summed E-state index contributed by atoms with van der Waals surface area (Å²) in [5.41, 5.74) is 0.149. The average Bonchev–Trinajstić information content (AvgIpc) is 2.37. The third-order valence-electron chi connectivity index (χ3n) is 3.31. The zero-order chi connectivity index (χ0) is 13.2. The number of nitrogens with zero attached hydrogens (tertiary/aromatic N) is 2. The Hall–Kier alpha value is -1.91. The Kier molecular flexibility index (Phi) is 3.32. The number of carbonyl (C=O) groups is 2. The van der Waals surface area contributed by atoms with E-state index in [-0.39, 0.29) is 18.4 Å². The van der Waals surface area contributed by atoms with Crippen LogP contribution in [0.2, 0.25) is 0 Å². The minimum Gasteiger partial charge on any atom is -0.340 e. The first-order chi connectivity index (χ1) is 8.55. The highest BCUT2D eigenvalue weighted by molar-refractivity contribution is 5.97. The highest BCUT2D eigenvalue weighted by Crippen LogP contribution is 2.19. The normalized spacial score (nSPS) is 24.0. The molecule has 1 atom stereocenters. The van der Waals surface area contributed by atoms with Gasteiger partial charge in [-0.05, 0) is 25.0 Å². The van der Waals surface area contributed by atoms with Gasteiger partial charge < -0.3 is 10.2 Å². The van der Waals surface area contributed by atoms with Crippen molar-refractivity contribution in [3.63, 3.8) is 0 Å². The van der Waals surface area contributed by atoms with Crippen LogP contribution in [0.1, 0.15) is 25.8 Å². The number of nitrogens with one attached hydrogen (secondary N) is 1. The summed E-state index contributed by atoms with van der Waals surface area (Å²) in [6.45, 7) is 4.20. The molecule has 1 N–H and O–H groups in total. The van der Waals surface area contributed by atoms with E-state index in [4.69, 9.17) is 0 Å². The van der Waals surface area contributed by atoms with Crippen molar-refractivity contribution in [2.75, 3.05) is 6.54 Å². The second-order valence-corrected chi connectivity index (χ2v) is 4.76. The van der Waals surface area contributed by atoms with Gasteiger partial charge in [0.25, 0.3) is 0 Å². The summed E-state index contributed by atoms with van der Waals surface area (Å²) in [5, 5.41) is 2.76. The fourth-order valence-electron chi connectivity index (χ4n) is 2.07. The summed E-state index contributed by atoms with van der Waals surface area (Å²) in [5.74, 6) is -0.142. The molecule has 1 aromatic rings. The predicted octanol–water partition coefficient (Wildman–Crippen LogP) is 0.709. The van der Waals surface area contributed by atoms with Gasteiger partial charge in [-0.1, -0.05) is 13.0 Å². The molecule has 1 aromatic heterocycles. The number of carbonyl (C=O) groups excluding carboxylic acids is 2. The second-order valence-electron chi connectivity index (χ2n) is 4.76. The van der Waals surface area contributed by atoms with Crippen LogP contribution in [-0.4, -0.2) is 33.8 Å². The molecule has 0 aromatic carbocycles. The van der Waals surface area contributed by atoms with Crippen LogP contribution in [0.4, 0.5) is 0 Å². The Balaban J connectivity index is 2.17. The SMILES string of the molecule is CCC1(C)NC(=O)CN(Cc2cccnc2)C1=O. The third-order valence-corrected chi connectivity index (χ3v) is 3.31. The van der Waals surface area contributed by atoms with Crippen LogP contribution in [0.5, 0.6) is 0 Å². The molecule has 1 aliphatic rings. The van der Waals surface area contributed by atoms with Crippen molar-refractivity contribution in [1.82, 2.24) is 15.2 Å². The molecule has 5 heteroatoms. The molecule has 1 fully saturated rings. The summed E-state index contributed by atoms with van der Waals surface area (Å²) >= 11 is 0. The number of piperazine rings is 1. The Bertz CT molecular complexity index is 461. The topological polar surface area (TPSA) is 62.3 Å². The molecule has 2 rings (SSSR count). The monoisotopic (exact) mass is 247 g/mol. The quantitative estimate of drug-likeness (QED) is 0.855. The van der Waals surface area contributed by atoms with Crippen molar-refractivity contribution in [1.29, 1.82) is 0 Å². The van der Waals surface area contributed by atoms with Gasteiger partial charge in [0.15, 0.2) is 0 Å². The molecular formula is C13H17N3O2. The maximum absolute atomic E-state index is 12.3. The van der Waals surface area contributed by atoms with Crippen LogP contribution in [0.15, 0.2) is 24.5 Å². The van der Waals surface area contributed by atoms with Crippen LogP contribution in [0, 0.1) is 0 Å². The molecule has 1 saturated heterocycles. The van der Waals surface area contributed by atoms with Crippen LogP contribution < -0.4 is 5.32 Å². The van der Waals surface area contributed by atoms with Crippen molar-refractivity contribution < 1.29 is 9.59 Å². The molecule has 2 heterocycles. The van der Waals surface area contributed by atoms with Crippen LogP contribution in [-0.2, 0) is 16.1 Å². The number of hydrogen-bond acceptors (Lipinski definition) is 3. The van der Waals surface area contributed by atoms with E-state index in [1.165, 1.54) is 0 Å². The number of pyridine rings is 1. The van der Waals surface area contributed by atoms with E-state index in [1.807, 2.05) is 19.1 Å². The average molecular weight is 247 g/mol. The van der Waals surface area contributed by atoms with E-state index < -0.39 is 5.54 Å². The van der Waals surface area contributed by atoms with Crippen LogP contribution in [0.25, 0.3) is 0 Å². The van der Waals surface area contributed by atoms with Gasteiger partial charge in [-0.3, -0.25) is 14.6 Å². The standard InChI is InChI=1S/C13H17N3O2/c1-3-13(2)12(18)16(9-11(17)15-13)8-10-5-4-6-14-7-10/h4-7H,3,8-9H2,1-2H3,(H,15,17). The number of aromatic nitrogens is 1. The van der Waals surface area contributed by atoms with E-state index in [0.717, 1.165) is 5.56 Å². The fourth-order valence-corrected chi connectivity index (χ4v) is 2.07. The minimum absolute atomic E-state index is 0.0338. The van der Waals surface area contributed by atoms with E-state index in [1.54, 1.807) is 24.2 Å². The summed E-state index contributed by atoms with van der Waals surface area (Å²) < 4.78 is 0. The lowest BCUT2D eigenvalue weighted by Crippen LogP contribution is -2.64. The summed E-state index contributed by atoms with van der Waals surface area (Å²) in [6.07, 6.45) is 3.98. The lowest BCUT2D eigenvalue weighted by Gasteiger charge is -2.39. The molecule has 0 radical (unpaired) electrons. The molecule has 2 amide bonds. The number of rotatable bonds is 3. The van der Waals surface area contributed by atoms with Gasteiger partial charge >= 0.3 is 0 Å². The van der Waals surface area contributed by atoms with Gasteiger partial charge in [0, 0.05) is 18.9 Å². The van der Waals surface area contributed by atoms with E-state index in [2.05, 4.69) is 10.3 Å². The predicted molar refractivity (Wildman–Crippen MR) is 66.5 cm³/mol. The van der Waals surface area contributed by atoms with E-state index in [9.17, 15) is 9.59 Å². The van der Waals surface area contributed by atoms with Crippen molar-refractivity contribution >= 4 is 11.8 Å². The molecule has 0 spiro atoms. The maximum Gasteiger partial charge on any atom is 0.248 e. The van der Waals surface area contributed by atoms with Gasteiger partial charge in [0.2, 0.25) is 11.8 Å². The van der Waals surface area contributed by atoms with E-state index in [0.29, 0.717) is 13.0 Å². The fraction of sp³-hybridized carbons (Fsp3) is 0.462. The molecule has 0 saturated carbocycles. The van der Waals surface area contributed by atoms with Gasteiger partial charge in [-0.15, -0.1) is 0 Å². The van der Waals surface area contributed by atoms with Gasteiger partial charge in [-0.2, -0.15) is 0 Å².